The van der Waals surface area contributed by atoms with Crippen LogP contribution < -0.4 is 11.1 Å². The summed E-state index contributed by atoms with van der Waals surface area (Å²) >= 11 is 0. The first kappa shape index (κ1) is 13.4. The Morgan fingerprint density at radius 2 is 2.41 bits per heavy atom. The number of methoxy groups -OCH3 is 1. The number of carbonyl (C=O) groups is 1. The first-order valence-corrected chi connectivity index (χ1v) is 5.29. The van der Waals surface area contributed by atoms with Crippen LogP contribution in [0.25, 0.3) is 0 Å². The van der Waals surface area contributed by atoms with E-state index in [1.165, 1.54) is 6.20 Å². The second-order valence-electron chi connectivity index (χ2n) is 3.61. The van der Waals surface area contributed by atoms with Gasteiger partial charge in [-0.15, -0.1) is 0 Å². The Balaban J connectivity index is 2.62. The third-order valence-electron chi connectivity index (χ3n) is 2.25. The average Bonchev–Trinajstić information content (AvgIpc) is 2.30. The molecular formula is C11H17N3O3. The zero-order chi connectivity index (χ0) is 12.7. The molecule has 1 amide bonds. The molecule has 0 spiro atoms. The van der Waals surface area contributed by atoms with E-state index >= 15 is 0 Å². The zero-order valence-corrected chi connectivity index (χ0v) is 9.72. The normalized spacial score (nSPS) is 12.1. The number of anilines is 1. The zero-order valence-electron chi connectivity index (χ0n) is 9.72. The molecule has 94 valence electrons. The van der Waals surface area contributed by atoms with Crippen molar-refractivity contribution in [2.24, 2.45) is 5.73 Å². The minimum atomic E-state index is -0.507. The van der Waals surface area contributed by atoms with Gasteiger partial charge in [-0.25, -0.2) is 4.98 Å². The predicted molar refractivity (Wildman–Crippen MR) is 63.7 cm³/mol. The third kappa shape index (κ3) is 4.38. The second kappa shape index (κ2) is 6.82. The number of nitrogens with one attached hydrogen (secondary N) is 1. The first-order valence-electron chi connectivity index (χ1n) is 5.29. The van der Waals surface area contributed by atoms with Crippen molar-refractivity contribution < 1.29 is 14.6 Å². The maximum absolute atomic E-state index is 10.8. The molecule has 6 nitrogen and oxygen atoms in total. The molecule has 1 atom stereocenters. The molecule has 1 aromatic rings. The maximum atomic E-state index is 10.8. The van der Waals surface area contributed by atoms with Crippen LogP contribution in [0.4, 0.5) is 5.82 Å². The van der Waals surface area contributed by atoms with Gasteiger partial charge in [-0.2, -0.15) is 0 Å². The highest BCUT2D eigenvalue weighted by Gasteiger charge is 2.08. The van der Waals surface area contributed by atoms with E-state index < -0.39 is 5.91 Å². The number of pyridine rings is 1. The van der Waals surface area contributed by atoms with Crippen LogP contribution >= 0.6 is 0 Å². The molecule has 0 aliphatic rings. The van der Waals surface area contributed by atoms with Crippen molar-refractivity contribution in [3.8, 4) is 0 Å². The molecule has 0 fully saturated rings. The summed E-state index contributed by atoms with van der Waals surface area (Å²) < 4.78 is 5.02. The van der Waals surface area contributed by atoms with Gasteiger partial charge in [0.05, 0.1) is 18.2 Å². The van der Waals surface area contributed by atoms with Gasteiger partial charge in [-0.1, -0.05) is 0 Å². The number of nitrogens with two attached hydrogens (primary N) is 1. The van der Waals surface area contributed by atoms with E-state index in [1.807, 2.05) is 0 Å². The number of primary amides is 1. The third-order valence-corrected chi connectivity index (χ3v) is 2.25. The minimum Gasteiger partial charge on any atom is -0.396 e. The smallest absolute Gasteiger partial charge is 0.250 e. The van der Waals surface area contributed by atoms with Gasteiger partial charge < -0.3 is 20.9 Å². The quantitative estimate of drug-likeness (QED) is 0.621. The van der Waals surface area contributed by atoms with Crippen molar-refractivity contribution in [2.45, 2.75) is 12.5 Å². The molecule has 0 aromatic carbocycles. The minimum absolute atomic E-state index is 0.0167. The van der Waals surface area contributed by atoms with E-state index in [2.05, 4.69) is 10.3 Å². The number of nitrogens with zero attached hydrogens (tertiary/aromatic N) is 1. The van der Waals surface area contributed by atoms with Gasteiger partial charge in [0.1, 0.15) is 5.82 Å². The number of ether oxygens (including phenoxy) is 1. The summed E-state index contributed by atoms with van der Waals surface area (Å²) in [5, 5.41) is 12.0. The number of aromatic nitrogens is 1. The summed E-state index contributed by atoms with van der Waals surface area (Å²) in [4.78, 5) is 14.9. The summed E-state index contributed by atoms with van der Waals surface area (Å²) in [5.74, 6) is 0.110. The van der Waals surface area contributed by atoms with Crippen LogP contribution in [0.1, 0.15) is 16.8 Å². The predicted octanol–water partition coefficient (Wildman–Crippen LogP) is -0.0102. The molecule has 4 N–H and O–H groups in total. The molecule has 0 radical (unpaired) electrons. The van der Waals surface area contributed by atoms with Crippen molar-refractivity contribution in [3.63, 3.8) is 0 Å². The molecule has 0 bridgehead atoms. The summed E-state index contributed by atoms with van der Waals surface area (Å²) in [6.07, 6.45) is 1.97. The van der Waals surface area contributed by atoms with Crippen LogP contribution in [0.5, 0.6) is 0 Å². The van der Waals surface area contributed by atoms with Crippen LogP contribution in [0.2, 0.25) is 0 Å². The fraction of sp³-hybridized carbons (Fsp3) is 0.455. The van der Waals surface area contributed by atoms with E-state index in [1.54, 1.807) is 19.2 Å². The molecule has 1 rings (SSSR count). The highest BCUT2D eigenvalue weighted by Crippen LogP contribution is 2.08. The number of hydrogen-bond acceptors (Lipinski definition) is 5. The molecule has 1 aromatic heterocycles. The molecule has 0 aliphatic carbocycles. The lowest BCUT2D eigenvalue weighted by molar-refractivity contribution is 0.1000. The lowest BCUT2D eigenvalue weighted by Gasteiger charge is -2.17. The summed E-state index contributed by atoms with van der Waals surface area (Å²) in [5.41, 5.74) is 5.47. The van der Waals surface area contributed by atoms with E-state index in [0.717, 1.165) is 0 Å². The van der Waals surface area contributed by atoms with Crippen molar-refractivity contribution >= 4 is 11.7 Å². The van der Waals surface area contributed by atoms with E-state index in [0.29, 0.717) is 24.4 Å². The number of rotatable bonds is 7. The molecule has 0 aliphatic heterocycles. The Morgan fingerprint density at radius 3 is 2.88 bits per heavy atom. The maximum Gasteiger partial charge on any atom is 0.250 e. The lowest BCUT2D eigenvalue weighted by atomic mass is 10.2. The molecule has 6 heteroatoms. The van der Waals surface area contributed by atoms with Crippen molar-refractivity contribution in [3.05, 3.63) is 23.9 Å². The number of aliphatic hydroxyl groups is 1. The second-order valence-corrected chi connectivity index (χ2v) is 3.61. The summed E-state index contributed by atoms with van der Waals surface area (Å²) in [6.45, 7) is 0.542. The van der Waals surface area contributed by atoms with Crippen LogP contribution in [-0.2, 0) is 4.74 Å². The highest BCUT2D eigenvalue weighted by molar-refractivity contribution is 5.92. The largest absolute Gasteiger partial charge is 0.396 e. The van der Waals surface area contributed by atoms with Crippen LogP contribution in [-0.4, -0.2) is 42.4 Å². The van der Waals surface area contributed by atoms with Crippen LogP contribution in [0, 0.1) is 0 Å². The number of hydrogen-bond donors (Lipinski definition) is 3. The van der Waals surface area contributed by atoms with Crippen molar-refractivity contribution in [1.82, 2.24) is 4.98 Å². The van der Waals surface area contributed by atoms with Crippen molar-refractivity contribution in [2.75, 3.05) is 25.6 Å². The van der Waals surface area contributed by atoms with E-state index in [-0.39, 0.29) is 12.6 Å². The van der Waals surface area contributed by atoms with Gasteiger partial charge in [0.25, 0.3) is 0 Å². The number of carbonyl (C=O) groups excluding carboxylic acids is 1. The lowest BCUT2D eigenvalue weighted by Crippen LogP contribution is -2.26. The van der Waals surface area contributed by atoms with Crippen LogP contribution in [0.3, 0.4) is 0 Å². The van der Waals surface area contributed by atoms with Crippen molar-refractivity contribution in [1.29, 1.82) is 0 Å². The van der Waals surface area contributed by atoms with Crippen LogP contribution in [0.15, 0.2) is 18.3 Å². The van der Waals surface area contributed by atoms with Gasteiger partial charge >= 0.3 is 0 Å². The Bertz CT molecular complexity index is 347. The summed E-state index contributed by atoms with van der Waals surface area (Å²) in [7, 11) is 1.59. The average molecular weight is 239 g/mol. The Morgan fingerprint density at radius 1 is 1.65 bits per heavy atom. The number of aliphatic hydroxyl groups excluding tert-OH is 1. The van der Waals surface area contributed by atoms with Gasteiger partial charge in [-0.3, -0.25) is 4.79 Å². The summed E-state index contributed by atoms with van der Waals surface area (Å²) in [6, 6.07) is 3.25. The van der Waals surface area contributed by atoms with Gasteiger partial charge in [-0.05, 0) is 18.6 Å². The molecule has 0 saturated carbocycles. The number of amides is 1. The monoisotopic (exact) mass is 239 g/mol. The molecule has 17 heavy (non-hydrogen) atoms. The van der Waals surface area contributed by atoms with E-state index in [9.17, 15) is 4.79 Å². The fourth-order valence-corrected chi connectivity index (χ4v) is 1.39. The molecular weight excluding hydrogens is 222 g/mol. The molecule has 1 unspecified atom stereocenters. The van der Waals surface area contributed by atoms with Gasteiger partial charge in [0, 0.05) is 19.9 Å². The molecule has 1 heterocycles. The first-order chi connectivity index (χ1) is 8.17. The Hall–Kier alpha value is -1.66. The SMILES string of the molecule is COCC(CCO)Nc1ccc(C(N)=O)cn1. The highest BCUT2D eigenvalue weighted by atomic mass is 16.5. The topological polar surface area (TPSA) is 97.5 Å². The standard InChI is InChI=1S/C11H17N3O3/c1-17-7-9(4-5-15)14-10-3-2-8(6-13-10)11(12)16/h2-3,6,9,15H,4-5,7H2,1H3,(H2,12,16)(H,13,14). The van der Waals surface area contributed by atoms with Gasteiger partial charge in [0.15, 0.2) is 0 Å². The Labute approximate surface area is 99.8 Å². The van der Waals surface area contributed by atoms with Gasteiger partial charge in [0.2, 0.25) is 5.91 Å². The van der Waals surface area contributed by atoms with E-state index in [4.69, 9.17) is 15.6 Å². The fourth-order valence-electron chi connectivity index (χ4n) is 1.39. The Kier molecular flexibility index (Phi) is 5.38. The molecule has 0 saturated heterocycles.